The number of nitrogens with one attached hydrogen (secondary N) is 3. The van der Waals surface area contributed by atoms with Crippen molar-refractivity contribution >= 4 is 23.2 Å². The summed E-state index contributed by atoms with van der Waals surface area (Å²) in [7, 11) is 3.41. The van der Waals surface area contributed by atoms with Gasteiger partial charge in [0.15, 0.2) is 5.96 Å². The van der Waals surface area contributed by atoms with Gasteiger partial charge in [0.1, 0.15) is 0 Å². The lowest BCUT2D eigenvalue weighted by molar-refractivity contribution is 0.0963. The highest BCUT2D eigenvalue weighted by molar-refractivity contribution is 7.09. The maximum absolute atomic E-state index is 11.7. The van der Waals surface area contributed by atoms with E-state index in [9.17, 15) is 4.79 Å². The van der Waals surface area contributed by atoms with Crippen molar-refractivity contribution < 1.29 is 4.79 Å². The third-order valence-electron chi connectivity index (χ3n) is 3.59. The quantitative estimate of drug-likeness (QED) is 0.532. The van der Waals surface area contributed by atoms with Crippen LogP contribution in [0, 0.1) is 0 Å². The van der Waals surface area contributed by atoms with Crippen molar-refractivity contribution in [3.63, 3.8) is 0 Å². The van der Waals surface area contributed by atoms with Gasteiger partial charge in [0.2, 0.25) is 0 Å². The van der Waals surface area contributed by atoms with E-state index in [1.165, 1.54) is 4.88 Å². The number of rotatable bonds is 7. The van der Waals surface area contributed by atoms with Crippen molar-refractivity contribution in [1.29, 1.82) is 0 Å². The largest absolute Gasteiger partial charge is 0.356 e. The Bertz CT molecular complexity index is 667. The molecule has 0 bridgehead atoms. The highest BCUT2D eigenvalue weighted by Crippen LogP contribution is 2.08. The number of aliphatic imine (C=N–C) groups is 1. The van der Waals surface area contributed by atoms with E-state index >= 15 is 0 Å². The number of guanidine groups is 1. The van der Waals surface area contributed by atoms with E-state index in [0.29, 0.717) is 5.56 Å². The standard InChI is InChI=1S/C18H24N4OS/c1-19-17(23)15-6-3-5-14(13-15)8-10-21-18(20-2)22-11-9-16-7-4-12-24-16/h3-7,12-13H,8-11H2,1-2H3,(H,19,23)(H2,20,21,22). The summed E-state index contributed by atoms with van der Waals surface area (Å²) in [6.07, 6.45) is 1.82. The van der Waals surface area contributed by atoms with Gasteiger partial charge >= 0.3 is 0 Å². The summed E-state index contributed by atoms with van der Waals surface area (Å²) < 4.78 is 0. The Morgan fingerprint density at radius 1 is 1.12 bits per heavy atom. The molecule has 0 aliphatic rings. The maximum Gasteiger partial charge on any atom is 0.251 e. The molecule has 1 heterocycles. The maximum atomic E-state index is 11.7. The summed E-state index contributed by atoms with van der Waals surface area (Å²) in [6, 6.07) is 11.9. The van der Waals surface area contributed by atoms with E-state index in [0.717, 1.165) is 37.5 Å². The van der Waals surface area contributed by atoms with Crippen LogP contribution in [0.5, 0.6) is 0 Å². The van der Waals surface area contributed by atoms with Crippen molar-refractivity contribution in [2.75, 3.05) is 27.2 Å². The molecule has 6 heteroatoms. The fourth-order valence-electron chi connectivity index (χ4n) is 2.32. The van der Waals surface area contributed by atoms with Crippen molar-refractivity contribution in [2.24, 2.45) is 4.99 Å². The molecule has 1 aromatic heterocycles. The van der Waals surface area contributed by atoms with Crippen LogP contribution < -0.4 is 16.0 Å². The fraction of sp³-hybridized carbons (Fsp3) is 0.333. The fourth-order valence-corrected chi connectivity index (χ4v) is 3.03. The SMILES string of the molecule is CN=C(NCCc1cccc(C(=O)NC)c1)NCCc1cccs1. The van der Waals surface area contributed by atoms with Gasteiger partial charge in [-0.05, 0) is 42.0 Å². The summed E-state index contributed by atoms with van der Waals surface area (Å²) in [4.78, 5) is 17.3. The topological polar surface area (TPSA) is 65.5 Å². The van der Waals surface area contributed by atoms with Crippen LogP contribution in [0.4, 0.5) is 0 Å². The molecule has 2 rings (SSSR count). The average molecular weight is 344 g/mol. The van der Waals surface area contributed by atoms with Crippen LogP contribution in [-0.4, -0.2) is 39.1 Å². The lowest BCUT2D eigenvalue weighted by atomic mass is 10.1. The van der Waals surface area contributed by atoms with Crippen LogP contribution in [0.1, 0.15) is 20.8 Å². The Labute approximate surface area is 147 Å². The van der Waals surface area contributed by atoms with Gasteiger partial charge in [-0.25, -0.2) is 0 Å². The van der Waals surface area contributed by atoms with Crippen LogP contribution in [0.15, 0.2) is 46.8 Å². The Kier molecular flexibility index (Phi) is 7.29. The lowest BCUT2D eigenvalue weighted by Gasteiger charge is -2.12. The third-order valence-corrected chi connectivity index (χ3v) is 4.53. The van der Waals surface area contributed by atoms with Gasteiger partial charge in [-0.15, -0.1) is 11.3 Å². The first-order chi connectivity index (χ1) is 11.7. The first-order valence-electron chi connectivity index (χ1n) is 8.01. The summed E-state index contributed by atoms with van der Waals surface area (Å²) in [5.41, 5.74) is 1.81. The highest BCUT2D eigenvalue weighted by atomic mass is 32.1. The highest BCUT2D eigenvalue weighted by Gasteiger charge is 2.04. The average Bonchev–Trinajstić information content (AvgIpc) is 3.13. The van der Waals surface area contributed by atoms with E-state index in [-0.39, 0.29) is 5.91 Å². The summed E-state index contributed by atoms with van der Waals surface area (Å²) in [6.45, 7) is 1.61. The molecule has 24 heavy (non-hydrogen) atoms. The molecular formula is C18H24N4OS. The zero-order chi connectivity index (χ0) is 17.2. The number of carbonyl (C=O) groups is 1. The van der Waals surface area contributed by atoms with Crippen LogP contribution in [-0.2, 0) is 12.8 Å². The van der Waals surface area contributed by atoms with Crippen LogP contribution in [0.2, 0.25) is 0 Å². The van der Waals surface area contributed by atoms with E-state index in [2.05, 4.69) is 38.5 Å². The molecule has 2 aromatic rings. The number of thiophene rings is 1. The van der Waals surface area contributed by atoms with Gasteiger partial charge < -0.3 is 16.0 Å². The molecule has 0 unspecified atom stereocenters. The second-order valence-electron chi connectivity index (χ2n) is 5.28. The molecule has 0 spiro atoms. The molecule has 5 nitrogen and oxygen atoms in total. The molecule has 0 saturated heterocycles. The molecule has 0 fully saturated rings. The monoisotopic (exact) mass is 344 g/mol. The van der Waals surface area contributed by atoms with Gasteiger partial charge in [-0.2, -0.15) is 0 Å². The number of carbonyl (C=O) groups excluding carboxylic acids is 1. The minimum Gasteiger partial charge on any atom is -0.356 e. The van der Waals surface area contributed by atoms with Gasteiger partial charge in [-0.3, -0.25) is 9.79 Å². The molecule has 128 valence electrons. The molecule has 3 N–H and O–H groups in total. The molecular weight excluding hydrogens is 320 g/mol. The third kappa shape index (κ3) is 5.70. The minimum atomic E-state index is -0.0594. The second-order valence-corrected chi connectivity index (χ2v) is 6.32. The number of nitrogens with zero attached hydrogens (tertiary/aromatic N) is 1. The predicted molar refractivity (Wildman–Crippen MR) is 101 cm³/mol. The van der Waals surface area contributed by atoms with Crippen LogP contribution >= 0.6 is 11.3 Å². The number of benzene rings is 1. The van der Waals surface area contributed by atoms with Gasteiger partial charge in [0.25, 0.3) is 5.91 Å². The number of hydrogen-bond donors (Lipinski definition) is 3. The van der Waals surface area contributed by atoms with Crippen LogP contribution in [0.25, 0.3) is 0 Å². The van der Waals surface area contributed by atoms with Gasteiger partial charge in [0.05, 0.1) is 0 Å². The molecule has 0 aliphatic carbocycles. The smallest absolute Gasteiger partial charge is 0.251 e. The first-order valence-corrected chi connectivity index (χ1v) is 8.89. The van der Waals surface area contributed by atoms with Gasteiger partial charge in [0, 0.05) is 37.6 Å². The molecule has 1 amide bonds. The zero-order valence-corrected chi connectivity index (χ0v) is 15.0. The molecule has 0 radical (unpaired) electrons. The van der Waals surface area contributed by atoms with E-state index in [1.54, 1.807) is 25.4 Å². The van der Waals surface area contributed by atoms with Crippen molar-refractivity contribution in [1.82, 2.24) is 16.0 Å². The first kappa shape index (κ1) is 18.0. The zero-order valence-electron chi connectivity index (χ0n) is 14.1. The number of hydrogen-bond acceptors (Lipinski definition) is 3. The van der Waals surface area contributed by atoms with E-state index < -0.39 is 0 Å². The Morgan fingerprint density at radius 3 is 2.58 bits per heavy atom. The van der Waals surface area contributed by atoms with Gasteiger partial charge in [-0.1, -0.05) is 18.2 Å². The Morgan fingerprint density at radius 2 is 1.92 bits per heavy atom. The summed E-state index contributed by atoms with van der Waals surface area (Å²) in [5.74, 6) is 0.741. The summed E-state index contributed by atoms with van der Waals surface area (Å²) in [5, 5.41) is 11.4. The second kappa shape index (κ2) is 9.72. The molecule has 0 saturated carbocycles. The Hall–Kier alpha value is -2.34. The number of amides is 1. The summed E-state index contributed by atoms with van der Waals surface area (Å²) >= 11 is 1.77. The molecule has 0 atom stereocenters. The van der Waals surface area contributed by atoms with Crippen molar-refractivity contribution in [3.05, 3.63) is 57.8 Å². The lowest BCUT2D eigenvalue weighted by Crippen LogP contribution is -2.39. The predicted octanol–water partition coefficient (Wildman–Crippen LogP) is 2.06. The molecule has 0 aliphatic heterocycles. The normalized spacial score (nSPS) is 11.2. The van der Waals surface area contributed by atoms with E-state index in [4.69, 9.17) is 0 Å². The van der Waals surface area contributed by atoms with Crippen molar-refractivity contribution in [3.8, 4) is 0 Å². The van der Waals surface area contributed by atoms with Crippen LogP contribution in [0.3, 0.4) is 0 Å². The van der Waals surface area contributed by atoms with E-state index in [1.807, 2.05) is 24.3 Å². The minimum absolute atomic E-state index is 0.0594. The molecule has 1 aromatic carbocycles. The van der Waals surface area contributed by atoms with Crippen molar-refractivity contribution in [2.45, 2.75) is 12.8 Å². The Balaban J connectivity index is 1.74.